The maximum absolute atomic E-state index is 6.63. The maximum Gasteiger partial charge on any atom is 0.149 e. The van der Waals surface area contributed by atoms with Crippen LogP contribution in [0.5, 0.6) is 0 Å². The fraction of sp³-hybridized carbons (Fsp3) is 0.308. The molecule has 2 atom stereocenters. The first kappa shape index (κ1) is 19.5. The second kappa shape index (κ2) is 7.15. The molecule has 6 rings (SSSR count). The molecule has 5 aliphatic rings. The smallest absolute Gasteiger partial charge is 0.149 e. The minimum absolute atomic E-state index is 0.278. The van der Waals surface area contributed by atoms with E-state index in [1.54, 1.807) is 0 Å². The Balaban J connectivity index is 1.49. The molecule has 8 bridgehead atoms. The second-order valence-electron chi connectivity index (χ2n) is 9.42. The van der Waals surface area contributed by atoms with Gasteiger partial charge in [-0.2, -0.15) is 0 Å². The van der Waals surface area contributed by atoms with Crippen molar-refractivity contribution in [2.45, 2.75) is 24.0 Å². The number of aromatic nitrogens is 1. The van der Waals surface area contributed by atoms with Gasteiger partial charge in [0, 0.05) is 16.4 Å². The van der Waals surface area contributed by atoms with Crippen LogP contribution in [-0.4, -0.2) is 52.6 Å². The summed E-state index contributed by atoms with van der Waals surface area (Å²) in [6, 6.07) is 4.11. The Morgan fingerprint density at radius 3 is 2.56 bits per heavy atom. The lowest BCUT2D eigenvalue weighted by Crippen LogP contribution is -2.49. The van der Waals surface area contributed by atoms with Crippen LogP contribution < -0.4 is 21.7 Å². The first-order valence-electron chi connectivity index (χ1n) is 11.3. The van der Waals surface area contributed by atoms with Crippen LogP contribution in [0.4, 0.5) is 0 Å². The van der Waals surface area contributed by atoms with Gasteiger partial charge in [-0.15, -0.1) is 0 Å². The van der Waals surface area contributed by atoms with Crippen molar-refractivity contribution in [3.8, 4) is 0 Å². The molecule has 6 nitrogen and oxygen atoms in total. The Bertz CT molecular complexity index is 1290. The van der Waals surface area contributed by atoms with Crippen LogP contribution in [-0.2, 0) is 0 Å². The lowest BCUT2D eigenvalue weighted by atomic mass is 9.78. The molecule has 1 aromatic heterocycles. The molecule has 0 radical (unpaired) electrons. The summed E-state index contributed by atoms with van der Waals surface area (Å²) in [7, 11) is 2.20. The Hall–Kier alpha value is -3.22. The minimum Gasteiger partial charge on any atom is -0.372 e. The summed E-state index contributed by atoms with van der Waals surface area (Å²) in [4.78, 5) is 15.5. The van der Waals surface area contributed by atoms with Crippen molar-refractivity contribution in [2.24, 2.45) is 21.6 Å². The first-order chi connectivity index (χ1) is 15.5. The van der Waals surface area contributed by atoms with Crippen LogP contribution in [0.25, 0.3) is 12.2 Å². The van der Waals surface area contributed by atoms with Crippen LogP contribution in [0.1, 0.15) is 12.8 Å². The normalized spacial score (nSPS) is 31.4. The number of piperidine rings is 1. The highest BCUT2D eigenvalue weighted by atomic mass is 15.1. The van der Waals surface area contributed by atoms with Gasteiger partial charge in [0.2, 0.25) is 0 Å². The number of aliphatic imine (C=N–C) groups is 2. The van der Waals surface area contributed by atoms with Crippen molar-refractivity contribution >= 4 is 23.6 Å². The van der Waals surface area contributed by atoms with Gasteiger partial charge >= 0.3 is 0 Å². The zero-order valence-corrected chi connectivity index (χ0v) is 18.3. The number of hydrogen-bond donors (Lipinski definition) is 3. The van der Waals surface area contributed by atoms with Crippen LogP contribution in [0.2, 0.25) is 0 Å². The molecule has 0 saturated carbocycles. The van der Waals surface area contributed by atoms with Gasteiger partial charge in [-0.1, -0.05) is 6.08 Å². The van der Waals surface area contributed by atoms with E-state index in [2.05, 4.69) is 64.8 Å². The van der Waals surface area contributed by atoms with Crippen molar-refractivity contribution in [2.75, 3.05) is 20.1 Å². The van der Waals surface area contributed by atoms with Crippen molar-refractivity contribution in [1.82, 2.24) is 15.2 Å². The number of nitrogens with zero attached hydrogens (tertiary/aromatic N) is 3. The molecule has 162 valence electrons. The number of aromatic amines is 1. The molecular formula is C26H28N6. The number of H-pyrrole nitrogens is 1. The minimum atomic E-state index is -0.855. The van der Waals surface area contributed by atoms with Gasteiger partial charge < -0.3 is 20.9 Å². The highest BCUT2D eigenvalue weighted by Crippen LogP contribution is 2.37. The average Bonchev–Trinajstić information content (AvgIpc) is 3.54. The monoisotopic (exact) mass is 424 g/mol. The predicted molar refractivity (Wildman–Crippen MR) is 130 cm³/mol. The molecule has 4 N–H and O–H groups in total. The van der Waals surface area contributed by atoms with Gasteiger partial charge in [0.05, 0.1) is 22.7 Å². The molecule has 1 fully saturated rings. The highest BCUT2D eigenvalue weighted by Gasteiger charge is 2.40. The van der Waals surface area contributed by atoms with Gasteiger partial charge in [-0.05, 0) is 106 Å². The molecule has 2 unspecified atom stereocenters. The molecule has 0 spiro atoms. The summed E-state index contributed by atoms with van der Waals surface area (Å²) in [5.74, 6) is 0.482. The van der Waals surface area contributed by atoms with E-state index in [0.29, 0.717) is 5.92 Å². The van der Waals surface area contributed by atoms with Crippen molar-refractivity contribution in [3.63, 3.8) is 0 Å². The summed E-state index contributed by atoms with van der Waals surface area (Å²) in [6.45, 7) is 2.20. The van der Waals surface area contributed by atoms with Gasteiger partial charge in [0.25, 0.3) is 0 Å². The van der Waals surface area contributed by atoms with E-state index < -0.39 is 5.66 Å². The summed E-state index contributed by atoms with van der Waals surface area (Å²) >= 11 is 0. The van der Waals surface area contributed by atoms with Gasteiger partial charge in [-0.25, -0.2) is 4.99 Å². The zero-order valence-electron chi connectivity index (χ0n) is 18.3. The quantitative estimate of drug-likeness (QED) is 0.635. The van der Waals surface area contributed by atoms with E-state index in [0.717, 1.165) is 59.4 Å². The lowest BCUT2D eigenvalue weighted by Gasteiger charge is -2.40. The number of nitrogens with one attached hydrogen (secondary N) is 2. The van der Waals surface area contributed by atoms with Crippen molar-refractivity contribution < 1.29 is 0 Å². The summed E-state index contributed by atoms with van der Waals surface area (Å²) in [5, 5.41) is 5.81. The fourth-order valence-corrected chi connectivity index (χ4v) is 5.21. The third-order valence-electron chi connectivity index (χ3n) is 6.93. The number of fused-ring (bicyclic) bond motifs is 6. The SMILES string of the molecule is CN1CCC(C23C=CC(=CC4(N)C=CC(=N4)C=c4ccc([nH]4)=CC4=NC(=C2)C=C4)N3)CC1. The Labute approximate surface area is 187 Å². The molecule has 6 heteroatoms. The Morgan fingerprint density at radius 1 is 0.969 bits per heavy atom. The number of nitrogens with two attached hydrogens (primary N) is 1. The molecule has 5 aliphatic heterocycles. The van der Waals surface area contributed by atoms with Crippen LogP contribution in [0.15, 0.2) is 82.1 Å². The molecule has 6 heterocycles. The lowest BCUT2D eigenvalue weighted by molar-refractivity contribution is 0.180. The molecule has 32 heavy (non-hydrogen) atoms. The van der Waals surface area contributed by atoms with E-state index in [1.165, 1.54) is 0 Å². The largest absolute Gasteiger partial charge is 0.372 e. The number of hydrogen-bond acceptors (Lipinski definition) is 5. The molecule has 0 amide bonds. The number of likely N-dealkylation sites (tertiary alicyclic amines) is 1. The number of rotatable bonds is 1. The second-order valence-corrected chi connectivity index (χ2v) is 9.42. The third-order valence-corrected chi connectivity index (χ3v) is 6.93. The average molecular weight is 425 g/mol. The van der Waals surface area contributed by atoms with Crippen LogP contribution >= 0.6 is 0 Å². The van der Waals surface area contributed by atoms with E-state index in [-0.39, 0.29) is 5.54 Å². The summed E-state index contributed by atoms with van der Waals surface area (Å²) in [6.07, 6.45) is 23.2. The van der Waals surface area contributed by atoms with E-state index in [1.807, 2.05) is 30.4 Å². The van der Waals surface area contributed by atoms with Crippen molar-refractivity contribution in [3.05, 3.63) is 82.8 Å². The first-order valence-corrected chi connectivity index (χ1v) is 11.3. The highest BCUT2D eigenvalue weighted by molar-refractivity contribution is 6.19. The standard InChI is InChI=1S/C26H28N6/c1-32-12-8-18(9-13-32)25-10-6-24(30-25)17-26(27)11-7-22(31-26)15-21-3-2-19(28-21)14-20-4-5-23(16-25)29-20/h2-7,10-11,14-18,28,30H,8-9,12-13,27H2,1H3. The topological polar surface area (TPSA) is 81.8 Å². The number of allylic oxidation sites excluding steroid dienone is 4. The Morgan fingerprint density at radius 2 is 1.75 bits per heavy atom. The van der Waals surface area contributed by atoms with E-state index in [9.17, 15) is 0 Å². The Kier molecular flexibility index (Phi) is 4.35. The zero-order chi connectivity index (χ0) is 21.8. The fourth-order valence-electron chi connectivity index (χ4n) is 5.21. The molecular weight excluding hydrogens is 396 g/mol. The van der Waals surface area contributed by atoms with Gasteiger partial charge in [-0.3, -0.25) is 4.99 Å². The molecule has 0 aliphatic carbocycles. The van der Waals surface area contributed by atoms with E-state index >= 15 is 0 Å². The summed E-state index contributed by atoms with van der Waals surface area (Å²) < 4.78 is 0. The molecule has 0 aromatic carbocycles. The maximum atomic E-state index is 6.63. The van der Waals surface area contributed by atoms with Crippen LogP contribution in [0.3, 0.4) is 0 Å². The van der Waals surface area contributed by atoms with E-state index in [4.69, 9.17) is 15.7 Å². The predicted octanol–water partition coefficient (Wildman–Crippen LogP) is 1.27. The van der Waals surface area contributed by atoms with Gasteiger partial charge in [0.15, 0.2) is 0 Å². The molecule has 1 saturated heterocycles. The summed E-state index contributed by atoms with van der Waals surface area (Å²) in [5.41, 5.74) is 9.29. The molecule has 1 aromatic rings. The van der Waals surface area contributed by atoms with Crippen molar-refractivity contribution in [1.29, 1.82) is 0 Å². The van der Waals surface area contributed by atoms with Gasteiger partial charge in [0.1, 0.15) is 5.66 Å². The van der Waals surface area contributed by atoms with Crippen LogP contribution in [0, 0.1) is 5.92 Å². The third kappa shape index (κ3) is 3.55.